The predicted molar refractivity (Wildman–Crippen MR) is 481 cm³/mol. The number of aromatic nitrogens is 12. The van der Waals surface area contributed by atoms with Crippen molar-refractivity contribution in [3.05, 3.63) is 149 Å². The fourth-order valence-corrected chi connectivity index (χ4v) is 11.8. The molecular weight excluding hydrogens is 2160 g/mol. The summed E-state index contributed by atoms with van der Waals surface area (Å²) in [5.74, 6) is 0.959. The normalized spacial score (nSPS) is 17.2. The number of carbonyl (C=O) groups excluding carboxylic acids is 2. The summed E-state index contributed by atoms with van der Waals surface area (Å²) < 4.78 is 81.5. The minimum atomic E-state index is -1.70. The molecule has 10 aromatic rings. The van der Waals surface area contributed by atoms with Gasteiger partial charge in [0.05, 0.1) is 75.1 Å². The van der Waals surface area contributed by atoms with Crippen molar-refractivity contribution in [1.29, 1.82) is 0 Å². The molecule has 13 rings (SSSR count). The Morgan fingerprint density at radius 2 is 0.903 bits per heavy atom. The molecule has 0 aromatic carbocycles. The summed E-state index contributed by atoms with van der Waals surface area (Å²) >= 11 is 29.0. The number of alkyl halides is 7. The van der Waals surface area contributed by atoms with Gasteiger partial charge in [-0.2, -0.15) is 24.0 Å². The molecule has 3 aliphatic rings. The van der Waals surface area contributed by atoms with E-state index in [1.165, 1.54) is 14.2 Å². The van der Waals surface area contributed by atoms with Gasteiger partial charge in [0, 0.05) is 136 Å². The van der Waals surface area contributed by atoms with Crippen molar-refractivity contribution < 1.29 is 83.6 Å². The number of nitrogens with one attached hydrogen (secondary N) is 1. The third kappa shape index (κ3) is 34.4. The Morgan fingerprint density at radius 1 is 0.566 bits per heavy atom. The maximum atomic E-state index is 15.7. The quantitative estimate of drug-likeness (QED) is 0.0488. The van der Waals surface area contributed by atoms with E-state index in [4.69, 9.17) is 58.5 Å². The Balaban J connectivity index is 0.000000309. The Bertz CT molecular complexity index is 4580. The molecule has 3 saturated heterocycles. The van der Waals surface area contributed by atoms with Gasteiger partial charge in [0.25, 0.3) is 0 Å². The summed E-state index contributed by atoms with van der Waals surface area (Å²) in [7, 11) is 0. The van der Waals surface area contributed by atoms with Gasteiger partial charge in [0.15, 0.2) is 17.0 Å². The minimum absolute atomic E-state index is 0. The second-order valence-electron chi connectivity index (χ2n) is 27.4. The molecule has 3 fully saturated rings. The van der Waals surface area contributed by atoms with Crippen LogP contribution >= 0.6 is 148 Å². The van der Waals surface area contributed by atoms with E-state index in [0.29, 0.717) is 101 Å². The SMILES string of the molecule is CC(C)(C)OC(=O)N1CCC[C@@](F)(COc2nc(Cl)cc3ncccc23)C1.CC(I)(I)I.CCI.CCn1cc(-c2cc3ncccc3c(OC[C@]3(F)CCCN(C(=O)OC(C)(C)C)C3)n2)cn1.CCn1cc(-c2cc3ncccc3c(OC[C@]3(F)CCCNC3)n2)cn1.C[CH-]I.Clc1cc2ncccc2c(Cl)n1.[CH2-]C.[V].[V]. The Labute approximate surface area is 768 Å². The summed E-state index contributed by atoms with van der Waals surface area (Å²) in [4.78, 5) is 62.0. The fourth-order valence-electron chi connectivity index (χ4n) is 11.1. The molecule has 0 saturated carbocycles. The number of amides is 2. The van der Waals surface area contributed by atoms with E-state index >= 15 is 8.78 Å². The molecule has 0 aliphatic carbocycles. The van der Waals surface area contributed by atoms with Crippen LogP contribution in [0.1, 0.15) is 122 Å². The van der Waals surface area contributed by atoms with Gasteiger partial charge in [0.1, 0.15) is 45.9 Å². The zero-order valence-electron chi connectivity index (χ0n) is 65.2. The number of carbonyl (C=O) groups is 2. The molecule has 0 bridgehead atoms. The average Bonchev–Trinajstić information content (AvgIpc) is 1.77. The van der Waals surface area contributed by atoms with Crippen LogP contribution < -0.4 is 19.5 Å². The molecule has 0 unspecified atom stereocenters. The number of rotatable bonds is 13. The van der Waals surface area contributed by atoms with Gasteiger partial charge >= 0.3 is 12.2 Å². The first kappa shape index (κ1) is 101. The maximum Gasteiger partial charge on any atom is 0.410 e. The standard InChI is InChI=1S/C24H30FN5O3.C19H23ClFN3O3.C19H22FN5O.C8H4Cl2N2.C2H3I3.C2H5I.C2H4I.C2H5.2V/c1-5-30-14-17(13-27-30)19-12-20-18(8-6-10-26-20)21(28-19)32-16-24(25)9-7-11-29(15-24)22(31)33-23(2,3)4;1-18(2,3)27-17(25)24-9-5-7-19(21,11-24)12-26-16-13-6-4-8-22-14(13)10-15(20)23-16;1-2-25-11-14(10-23-25)16-9-17-15(5-3-8-22-17)18(24-16)26-13-19(20)6-4-7-21-12-19;9-7-4-6-5(8(10)12-7)2-1-3-11-6;1-2(3,4)5;2*1-2-3;1-2;;/h6,8,10,12-14H,5,7,9,11,15-16H2,1-4H3;4,6,8,10H,5,7,9,11-12H2,1-3H3;3,5,8-11,21H,2,4,6-7,12-13H2,1H3;1-4H;1H3;2H2,1H3;2H,1H3;1H2,2H3;;/q;;;;;;2*-1;;/t24-;2*19-;;;;;;;/m000......./s1. The van der Waals surface area contributed by atoms with Crippen LogP contribution in [0, 0.1) is 11.4 Å². The summed E-state index contributed by atoms with van der Waals surface area (Å²) in [6, 6.07) is 21.7. The number of pyridine rings is 8. The maximum absolute atomic E-state index is 15.7. The van der Waals surface area contributed by atoms with Crippen LogP contribution in [-0.4, -0.2) is 173 Å². The molecule has 0 spiro atoms. The number of nitrogens with zero attached hydrogens (tertiary/aromatic N) is 14. The largest absolute Gasteiger partial charge is 0.474 e. The van der Waals surface area contributed by atoms with Gasteiger partial charge in [0.2, 0.25) is 17.6 Å². The molecule has 614 valence electrons. The first-order valence-electron chi connectivity index (χ1n) is 36.0. The Morgan fingerprint density at radius 3 is 1.26 bits per heavy atom. The number of ether oxygens (including phenoxy) is 5. The average molecular weight is 2260 g/mol. The third-order valence-corrected chi connectivity index (χ3v) is 16.5. The van der Waals surface area contributed by atoms with E-state index in [-0.39, 0.29) is 81.1 Å². The van der Waals surface area contributed by atoms with Crippen LogP contribution in [0.4, 0.5) is 22.8 Å². The van der Waals surface area contributed by atoms with Crippen molar-refractivity contribution in [2.75, 3.05) is 63.5 Å². The molecular formula is C78H96Cl3F3I5N15O7V2-2. The van der Waals surface area contributed by atoms with Gasteiger partial charge in [-0.15, -0.1) is 0 Å². The van der Waals surface area contributed by atoms with E-state index in [1.807, 2.05) is 89.4 Å². The zero-order chi connectivity index (χ0) is 81.7. The number of halogens is 11. The van der Waals surface area contributed by atoms with E-state index < -0.39 is 40.4 Å². The van der Waals surface area contributed by atoms with Gasteiger partial charge in [-0.05, 0) is 172 Å². The van der Waals surface area contributed by atoms with Crippen molar-refractivity contribution in [2.45, 2.75) is 162 Å². The van der Waals surface area contributed by atoms with E-state index in [1.54, 1.807) is 116 Å². The Kier molecular flexibility index (Phi) is 43.9. The van der Waals surface area contributed by atoms with Gasteiger partial charge in [-0.25, -0.2) is 42.7 Å². The van der Waals surface area contributed by atoms with Crippen LogP contribution in [0.25, 0.3) is 66.1 Å². The van der Waals surface area contributed by atoms with Crippen molar-refractivity contribution in [2.24, 2.45) is 0 Å². The van der Waals surface area contributed by atoms with Crippen LogP contribution in [0.5, 0.6) is 17.6 Å². The predicted octanol–water partition coefficient (Wildman–Crippen LogP) is 21.8. The smallest absolute Gasteiger partial charge is 0.410 e. The van der Waals surface area contributed by atoms with E-state index in [0.717, 1.165) is 64.7 Å². The van der Waals surface area contributed by atoms with Gasteiger partial charge < -0.3 is 68.3 Å². The number of hydrogen-bond acceptors (Lipinski definition) is 18. The van der Waals surface area contributed by atoms with Crippen molar-refractivity contribution in [3.8, 4) is 40.2 Å². The monoisotopic (exact) mass is 2250 g/mol. The van der Waals surface area contributed by atoms with Crippen LogP contribution in [0.3, 0.4) is 0 Å². The summed E-state index contributed by atoms with van der Waals surface area (Å²) in [5.41, 5.74) is -0.0476. The number of fused-ring (bicyclic) bond motifs is 4. The molecule has 2 amide bonds. The molecule has 2 radical (unpaired) electrons. The second kappa shape index (κ2) is 48.9. The van der Waals surface area contributed by atoms with Gasteiger partial charge in [-0.1, -0.05) is 132 Å². The van der Waals surface area contributed by atoms with Crippen molar-refractivity contribution in [3.63, 3.8) is 0 Å². The van der Waals surface area contributed by atoms with Crippen molar-refractivity contribution >= 4 is 204 Å². The number of likely N-dealkylation sites (tertiary alicyclic amines) is 2. The molecule has 1 N–H and O–H groups in total. The van der Waals surface area contributed by atoms with E-state index in [9.17, 15) is 14.0 Å². The molecule has 22 nitrogen and oxygen atoms in total. The molecule has 3 atom stereocenters. The van der Waals surface area contributed by atoms with Crippen molar-refractivity contribution in [1.82, 2.24) is 74.5 Å². The van der Waals surface area contributed by atoms with Crippen LogP contribution in [0.15, 0.2) is 122 Å². The molecule has 10 aromatic heterocycles. The zero-order valence-corrected chi connectivity index (χ0v) is 81.1. The number of piperidine rings is 3. The van der Waals surface area contributed by atoms with Gasteiger partial charge in [-0.3, -0.25) is 33.7 Å². The summed E-state index contributed by atoms with van der Waals surface area (Å²) in [5, 5.41) is 15.7. The molecule has 3 aliphatic heterocycles. The van der Waals surface area contributed by atoms with Crippen LogP contribution in [-0.2, 0) is 59.7 Å². The van der Waals surface area contributed by atoms with Crippen LogP contribution in [0.2, 0.25) is 15.5 Å². The fraction of sp³-hybridized carbons (Fsp3) is 0.462. The summed E-state index contributed by atoms with van der Waals surface area (Å²) in [6.45, 7) is 29.0. The summed E-state index contributed by atoms with van der Waals surface area (Å²) in [6.07, 6.45) is 16.0. The molecule has 113 heavy (non-hydrogen) atoms. The van der Waals surface area contributed by atoms with E-state index in [2.05, 4.69) is 189 Å². The first-order chi connectivity index (χ1) is 52.6. The third-order valence-electron chi connectivity index (χ3n) is 15.9. The minimum Gasteiger partial charge on any atom is -0.474 e. The second-order valence-corrected chi connectivity index (χ2v) is 44.0. The molecule has 35 heteroatoms. The number of hydrogen-bond donors (Lipinski definition) is 1. The first-order valence-corrected chi connectivity index (χ1v) is 43.1. The molecule has 13 heterocycles. The number of aryl methyl sites for hydroxylation is 2. The Hall–Kier alpha value is -3.96. The topological polar surface area (TPSA) is 238 Å².